The van der Waals surface area contributed by atoms with Gasteiger partial charge in [-0.1, -0.05) is 29.3 Å². The van der Waals surface area contributed by atoms with Gasteiger partial charge in [-0.3, -0.25) is 0 Å². The SMILES string of the molecule is CC(NCC(O)c1cc(Cl)ccc1Cl)c1cccs1. The van der Waals surface area contributed by atoms with Gasteiger partial charge >= 0.3 is 0 Å². The third kappa shape index (κ3) is 3.94. The number of nitrogens with one attached hydrogen (secondary N) is 1. The van der Waals surface area contributed by atoms with Crippen LogP contribution in [0.4, 0.5) is 0 Å². The molecular weight excluding hydrogens is 301 g/mol. The van der Waals surface area contributed by atoms with E-state index in [1.54, 1.807) is 29.5 Å². The number of halogens is 2. The molecule has 2 aromatic rings. The van der Waals surface area contributed by atoms with Gasteiger partial charge in [0, 0.05) is 33.1 Å². The van der Waals surface area contributed by atoms with Crippen molar-refractivity contribution in [3.63, 3.8) is 0 Å². The van der Waals surface area contributed by atoms with E-state index in [0.717, 1.165) is 0 Å². The number of thiophene rings is 1. The lowest BCUT2D eigenvalue weighted by Crippen LogP contribution is -2.24. The lowest BCUT2D eigenvalue weighted by atomic mass is 10.1. The van der Waals surface area contributed by atoms with Gasteiger partial charge < -0.3 is 10.4 Å². The summed E-state index contributed by atoms with van der Waals surface area (Å²) in [4.78, 5) is 1.24. The Labute approximate surface area is 127 Å². The van der Waals surface area contributed by atoms with Crippen molar-refractivity contribution < 1.29 is 5.11 Å². The van der Waals surface area contributed by atoms with Gasteiger partial charge in [-0.25, -0.2) is 0 Å². The molecule has 19 heavy (non-hydrogen) atoms. The molecule has 0 aliphatic rings. The highest BCUT2D eigenvalue weighted by Crippen LogP contribution is 2.26. The van der Waals surface area contributed by atoms with Gasteiger partial charge in [0.2, 0.25) is 0 Å². The predicted octanol–water partition coefficient (Wildman–Crippen LogP) is 4.44. The largest absolute Gasteiger partial charge is 0.387 e. The molecule has 0 saturated carbocycles. The van der Waals surface area contributed by atoms with Crippen molar-refractivity contribution in [1.82, 2.24) is 5.32 Å². The summed E-state index contributed by atoms with van der Waals surface area (Å²) in [5, 5.41) is 16.6. The normalized spacial score (nSPS) is 14.3. The van der Waals surface area contributed by atoms with Crippen molar-refractivity contribution >= 4 is 34.5 Å². The van der Waals surface area contributed by atoms with Crippen LogP contribution in [0.1, 0.15) is 29.5 Å². The zero-order valence-electron chi connectivity index (χ0n) is 10.4. The van der Waals surface area contributed by atoms with Gasteiger partial charge in [0.15, 0.2) is 0 Å². The molecule has 0 aliphatic carbocycles. The van der Waals surface area contributed by atoms with Crippen LogP contribution < -0.4 is 5.32 Å². The maximum atomic E-state index is 10.2. The molecular formula is C14H15Cl2NOS. The standard InChI is InChI=1S/C14H15Cl2NOS/c1-9(14-3-2-6-19-14)17-8-13(18)11-7-10(15)4-5-12(11)16/h2-7,9,13,17-18H,8H2,1H3. The van der Waals surface area contributed by atoms with Crippen LogP contribution >= 0.6 is 34.5 Å². The molecule has 1 heterocycles. The number of hydrogen-bond donors (Lipinski definition) is 2. The van der Waals surface area contributed by atoms with Crippen LogP contribution in [0.5, 0.6) is 0 Å². The van der Waals surface area contributed by atoms with E-state index in [9.17, 15) is 5.11 Å². The first kappa shape index (κ1) is 14.8. The van der Waals surface area contributed by atoms with E-state index in [4.69, 9.17) is 23.2 Å². The zero-order chi connectivity index (χ0) is 13.8. The van der Waals surface area contributed by atoms with E-state index >= 15 is 0 Å². The third-order valence-electron chi connectivity index (χ3n) is 2.90. The van der Waals surface area contributed by atoms with E-state index < -0.39 is 6.10 Å². The topological polar surface area (TPSA) is 32.3 Å². The number of aliphatic hydroxyl groups excluding tert-OH is 1. The van der Waals surface area contributed by atoms with Crippen molar-refractivity contribution in [2.24, 2.45) is 0 Å². The lowest BCUT2D eigenvalue weighted by molar-refractivity contribution is 0.171. The molecule has 2 atom stereocenters. The Kier molecular flexibility index (Phi) is 5.25. The minimum atomic E-state index is -0.673. The second-order valence-corrected chi connectivity index (χ2v) is 6.15. The highest BCUT2D eigenvalue weighted by atomic mass is 35.5. The summed E-state index contributed by atoms with van der Waals surface area (Å²) in [5.41, 5.74) is 0.653. The highest BCUT2D eigenvalue weighted by molar-refractivity contribution is 7.10. The predicted molar refractivity (Wildman–Crippen MR) is 82.2 cm³/mol. The Morgan fingerprint density at radius 3 is 2.79 bits per heavy atom. The van der Waals surface area contributed by atoms with E-state index in [1.807, 2.05) is 11.4 Å². The molecule has 5 heteroatoms. The summed E-state index contributed by atoms with van der Waals surface area (Å²) in [6, 6.07) is 9.40. The molecule has 2 N–H and O–H groups in total. The Morgan fingerprint density at radius 1 is 1.32 bits per heavy atom. The maximum absolute atomic E-state index is 10.2. The van der Waals surface area contributed by atoms with E-state index in [1.165, 1.54) is 4.88 Å². The fourth-order valence-electron chi connectivity index (χ4n) is 1.81. The van der Waals surface area contributed by atoms with Crippen LogP contribution in [0.25, 0.3) is 0 Å². The molecule has 2 rings (SSSR count). The molecule has 0 amide bonds. The van der Waals surface area contributed by atoms with Gasteiger partial charge in [-0.2, -0.15) is 0 Å². The van der Waals surface area contributed by atoms with Crippen LogP contribution in [0.3, 0.4) is 0 Å². The monoisotopic (exact) mass is 315 g/mol. The quantitative estimate of drug-likeness (QED) is 0.855. The van der Waals surface area contributed by atoms with Crippen molar-refractivity contribution in [2.75, 3.05) is 6.54 Å². The fourth-order valence-corrected chi connectivity index (χ4v) is 2.99. The summed E-state index contributed by atoms with van der Waals surface area (Å²) in [5.74, 6) is 0. The minimum Gasteiger partial charge on any atom is -0.387 e. The Hall–Kier alpha value is -0.580. The second kappa shape index (κ2) is 6.73. The molecule has 0 spiro atoms. The second-order valence-electron chi connectivity index (χ2n) is 4.33. The number of benzene rings is 1. The average Bonchev–Trinajstić information content (AvgIpc) is 2.92. The van der Waals surface area contributed by atoms with Gasteiger partial charge in [-0.15, -0.1) is 11.3 Å². The van der Waals surface area contributed by atoms with Crippen LogP contribution in [-0.2, 0) is 0 Å². The van der Waals surface area contributed by atoms with E-state index in [0.29, 0.717) is 22.2 Å². The molecule has 0 fully saturated rings. The summed E-state index contributed by atoms with van der Waals surface area (Å²) < 4.78 is 0. The summed E-state index contributed by atoms with van der Waals surface area (Å²) in [7, 11) is 0. The number of rotatable bonds is 5. The zero-order valence-corrected chi connectivity index (χ0v) is 12.8. The fraction of sp³-hybridized carbons (Fsp3) is 0.286. The van der Waals surface area contributed by atoms with Gasteiger partial charge in [0.05, 0.1) is 6.10 Å². The van der Waals surface area contributed by atoms with Crippen molar-refractivity contribution in [3.05, 3.63) is 56.2 Å². The highest BCUT2D eigenvalue weighted by Gasteiger charge is 2.14. The molecule has 0 bridgehead atoms. The minimum absolute atomic E-state index is 0.201. The average molecular weight is 316 g/mol. The number of aliphatic hydroxyl groups is 1. The Morgan fingerprint density at radius 2 is 2.11 bits per heavy atom. The van der Waals surface area contributed by atoms with Crippen LogP contribution in [0, 0.1) is 0 Å². The molecule has 0 saturated heterocycles. The first-order valence-corrected chi connectivity index (χ1v) is 7.61. The molecule has 1 aromatic heterocycles. The maximum Gasteiger partial charge on any atom is 0.0929 e. The van der Waals surface area contributed by atoms with Crippen LogP contribution in [0.15, 0.2) is 35.7 Å². The lowest BCUT2D eigenvalue weighted by Gasteiger charge is -2.17. The van der Waals surface area contributed by atoms with Crippen LogP contribution in [0.2, 0.25) is 10.0 Å². The van der Waals surface area contributed by atoms with Crippen molar-refractivity contribution in [2.45, 2.75) is 19.1 Å². The molecule has 2 unspecified atom stereocenters. The Balaban J connectivity index is 1.97. The van der Waals surface area contributed by atoms with Gasteiger partial charge in [0.1, 0.15) is 0 Å². The molecule has 2 nitrogen and oxygen atoms in total. The third-order valence-corrected chi connectivity index (χ3v) is 4.54. The van der Waals surface area contributed by atoms with Crippen molar-refractivity contribution in [1.29, 1.82) is 0 Å². The number of hydrogen-bond acceptors (Lipinski definition) is 3. The molecule has 1 aromatic carbocycles. The molecule has 0 radical (unpaired) electrons. The van der Waals surface area contributed by atoms with Gasteiger partial charge in [0.25, 0.3) is 0 Å². The first-order chi connectivity index (χ1) is 9.08. The molecule has 0 aliphatic heterocycles. The summed E-state index contributed by atoms with van der Waals surface area (Å²) in [6.07, 6.45) is -0.673. The Bertz CT molecular complexity index is 530. The van der Waals surface area contributed by atoms with Gasteiger partial charge in [-0.05, 0) is 36.6 Å². The summed E-state index contributed by atoms with van der Waals surface area (Å²) >= 11 is 13.7. The van der Waals surface area contributed by atoms with E-state index in [2.05, 4.69) is 18.3 Å². The van der Waals surface area contributed by atoms with Crippen molar-refractivity contribution in [3.8, 4) is 0 Å². The summed E-state index contributed by atoms with van der Waals surface area (Å²) in [6.45, 7) is 2.50. The van der Waals surface area contributed by atoms with Crippen LogP contribution in [-0.4, -0.2) is 11.7 Å². The first-order valence-electron chi connectivity index (χ1n) is 5.97. The van der Waals surface area contributed by atoms with E-state index in [-0.39, 0.29) is 6.04 Å². The molecule has 102 valence electrons. The smallest absolute Gasteiger partial charge is 0.0929 e.